The molecule has 0 aliphatic rings. The molecule has 0 aliphatic carbocycles. The minimum absolute atomic E-state index is 0.221. The summed E-state index contributed by atoms with van der Waals surface area (Å²) >= 11 is 1.64. The first-order valence-corrected chi connectivity index (χ1v) is 6.96. The van der Waals surface area contributed by atoms with Crippen molar-refractivity contribution >= 4 is 17.2 Å². The molecule has 1 amide bonds. The molecule has 0 aromatic carbocycles. The van der Waals surface area contributed by atoms with Crippen molar-refractivity contribution in [2.45, 2.75) is 33.2 Å². The van der Waals surface area contributed by atoms with Gasteiger partial charge in [-0.25, -0.2) is 0 Å². The Labute approximate surface area is 107 Å². The number of amides is 1. The summed E-state index contributed by atoms with van der Waals surface area (Å²) in [7, 11) is 0. The number of rotatable bonds is 7. The Morgan fingerprint density at radius 3 is 2.76 bits per heavy atom. The number of hydrogen-bond donors (Lipinski definition) is 1. The summed E-state index contributed by atoms with van der Waals surface area (Å²) in [5.74, 6) is 0.221. The molecule has 0 radical (unpaired) electrons. The highest BCUT2D eigenvalue weighted by Gasteiger charge is 2.10. The van der Waals surface area contributed by atoms with Gasteiger partial charge in [0.05, 0.1) is 5.51 Å². The highest BCUT2D eigenvalue weighted by Crippen LogP contribution is 2.15. The average molecular weight is 255 g/mol. The Kier molecular flexibility index (Phi) is 6.15. The van der Waals surface area contributed by atoms with Crippen molar-refractivity contribution < 1.29 is 4.79 Å². The lowest BCUT2D eigenvalue weighted by Gasteiger charge is -2.19. The molecule has 0 bridgehead atoms. The highest BCUT2D eigenvalue weighted by molar-refractivity contribution is 7.09. The number of thiazole rings is 1. The Hall–Kier alpha value is -0.940. The molecular formula is C12H21N3OS. The van der Waals surface area contributed by atoms with Gasteiger partial charge >= 0.3 is 0 Å². The molecule has 0 saturated carbocycles. The maximum Gasteiger partial charge on any atom is 0.223 e. The molecule has 1 atom stereocenters. The van der Waals surface area contributed by atoms with Crippen molar-refractivity contribution in [1.29, 1.82) is 0 Å². The third-order valence-electron chi connectivity index (χ3n) is 2.78. The largest absolute Gasteiger partial charge is 0.343 e. The van der Waals surface area contributed by atoms with Crippen LogP contribution in [0.4, 0.5) is 0 Å². The number of nitrogens with one attached hydrogen (secondary N) is 1. The number of nitrogens with zero attached hydrogens (tertiary/aromatic N) is 2. The fourth-order valence-corrected chi connectivity index (χ4v) is 2.32. The monoisotopic (exact) mass is 255 g/mol. The fraction of sp³-hybridized carbons (Fsp3) is 0.667. The molecule has 1 N–H and O–H groups in total. The van der Waals surface area contributed by atoms with Crippen LogP contribution in [0.3, 0.4) is 0 Å². The predicted molar refractivity (Wildman–Crippen MR) is 71.1 cm³/mol. The standard InChI is InChI=1S/C12H21N3OS/c1-4-15(5-2)12(16)6-7-14-10(3)11-8-13-9-17-11/h8-10,14H,4-7H2,1-3H3. The topological polar surface area (TPSA) is 45.2 Å². The molecule has 4 nitrogen and oxygen atoms in total. The zero-order valence-corrected chi connectivity index (χ0v) is 11.6. The van der Waals surface area contributed by atoms with Crippen LogP contribution >= 0.6 is 11.3 Å². The summed E-state index contributed by atoms with van der Waals surface area (Å²) in [5.41, 5.74) is 1.83. The van der Waals surface area contributed by atoms with Gasteiger partial charge in [0.15, 0.2) is 0 Å². The van der Waals surface area contributed by atoms with Crippen LogP contribution in [0.1, 0.15) is 38.1 Å². The van der Waals surface area contributed by atoms with Gasteiger partial charge in [-0.15, -0.1) is 11.3 Å². The van der Waals surface area contributed by atoms with E-state index in [-0.39, 0.29) is 11.9 Å². The van der Waals surface area contributed by atoms with E-state index in [1.165, 1.54) is 4.88 Å². The van der Waals surface area contributed by atoms with Gasteiger partial charge in [-0.2, -0.15) is 0 Å². The van der Waals surface area contributed by atoms with Gasteiger partial charge in [0.25, 0.3) is 0 Å². The lowest BCUT2D eigenvalue weighted by Crippen LogP contribution is -2.33. The first-order chi connectivity index (χ1) is 8.19. The minimum Gasteiger partial charge on any atom is -0.343 e. The second-order valence-electron chi connectivity index (χ2n) is 3.90. The molecule has 0 aliphatic heterocycles. The molecule has 1 unspecified atom stereocenters. The molecule has 17 heavy (non-hydrogen) atoms. The molecule has 0 fully saturated rings. The first-order valence-electron chi connectivity index (χ1n) is 6.08. The smallest absolute Gasteiger partial charge is 0.223 e. The molecule has 0 saturated heterocycles. The summed E-state index contributed by atoms with van der Waals surface area (Å²) in [4.78, 5) is 18.9. The van der Waals surface area contributed by atoms with Gasteiger partial charge in [-0.3, -0.25) is 9.78 Å². The number of carbonyl (C=O) groups excluding carboxylic acids is 1. The molecule has 0 spiro atoms. The zero-order valence-electron chi connectivity index (χ0n) is 10.8. The third kappa shape index (κ3) is 4.44. The van der Waals surface area contributed by atoms with E-state index in [0.29, 0.717) is 13.0 Å². The Balaban J connectivity index is 2.26. The van der Waals surface area contributed by atoms with Crippen LogP contribution in [0.25, 0.3) is 0 Å². The average Bonchev–Trinajstić information content (AvgIpc) is 2.84. The van der Waals surface area contributed by atoms with Crippen molar-refractivity contribution in [3.05, 3.63) is 16.6 Å². The summed E-state index contributed by atoms with van der Waals surface area (Å²) in [6.07, 6.45) is 2.43. The van der Waals surface area contributed by atoms with Crippen LogP contribution in [0.15, 0.2) is 11.7 Å². The SMILES string of the molecule is CCN(CC)C(=O)CCNC(C)c1cncs1. The summed E-state index contributed by atoms with van der Waals surface area (Å²) in [5, 5.41) is 3.34. The number of hydrogen-bond acceptors (Lipinski definition) is 4. The Morgan fingerprint density at radius 1 is 1.53 bits per heavy atom. The molecule has 1 aromatic heterocycles. The van der Waals surface area contributed by atoms with Gasteiger partial charge in [-0.05, 0) is 20.8 Å². The van der Waals surface area contributed by atoms with E-state index in [1.807, 2.05) is 30.5 Å². The molecule has 96 valence electrons. The Bertz CT molecular complexity index is 323. The van der Waals surface area contributed by atoms with E-state index in [1.54, 1.807) is 11.3 Å². The van der Waals surface area contributed by atoms with E-state index in [4.69, 9.17) is 0 Å². The van der Waals surface area contributed by atoms with E-state index in [9.17, 15) is 4.79 Å². The van der Waals surface area contributed by atoms with E-state index < -0.39 is 0 Å². The maximum atomic E-state index is 11.7. The normalized spacial score (nSPS) is 12.4. The van der Waals surface area contributed by atoms with Crippen molar-refractivity contribution in [2.75, 3.05) is 19.6 Å². The van der Waals surface area contributed by atoms with Crippen LogP contribution in [0.2, 0.25) is 0 Å². The quantitative estimate of drug-likeness (QED) is 0.811. The third-order valence-corrected chi connectivity index (χ3v) is 3.74. The molecular weight excluding hydrogens is 234 g/mol. The first kappa shape index (κ1) is 14.1. The Morgan fingerprint density at radius 2 is 2.24 bits per heavy atom. The van der Waals surface area contributed by atoms with E-state index in [2.05, 4.69) is 17.2 Å². The minimum atomic E-state index is 0.221. The van der Waals surface area contributed by atoms with Crippen LogP contribution in [-0.2, 0) is 4.79 Å². The van der Waals surface area contributed by atoms with Crippen molar-refractivity contribution in [3.8, 4) is 0 Å². The van der Waals surface area contributed by atoms with Crippen LogP contribution in [0.5, 0.6) is 0 Å². The molecule has 1 aromatic rings. The maximum absolute atomic E-state index is 11.7. The summed E-state index contributed by atoms with van der Waals surface area (Å²) in [6.45, 7) is 8.41. The van der Waals surface area contributed by atoms with Crippen LogP contribution in [0, 0.1) is 0 Å². The highest BCUT2D eigenvalue weighted by atomic mass is 32.1. The predicted octanol–water partition coefficient (Wildman–Crippen LogP) is 2.05. The van der Waals surface area contributed by atoms with Crippen molar-refractivity contribution in [2.24, 2.45) is 0 Å². The van der Waals surface area contributed by atoms with Gasteiger partial charge in [0.2, 0.25) is 5.91 Å². The molecule has 1 heterocycles. The van der Waals surface area contributed by atoms with Gasteiger partial charge < -0.3 is 10.2 Å². The number of carbonyl (C=O) groups is 1. The van der Waals surface area contributed by atoms with Crippen molar-refractivity contribution in [1.82, 2.24) is 15.2 Å². The van der Waals surface area contributed by atoms with Crippen molar-refractivity contribution in [3.63, 3.8) is 0 Å². The van der Waals surface area contributed by atoms with Crippen LogP contribution < -0.4 is 5.32 Å². The van der Waals surface area contributed by atoms with Gasteiger partial charge in [0, 0.05) is 43.2 Å². The van der Waals surface area contributed by atoms with E-state index in [0.717, 1.165) is 13.1 Å². The second kappa shape index (κ2) is 7.40. The fourth-order valence-electron chi connectivity index (χ4n) is 1.67. The molecule has 5 heteroatoms. The van der Waals surface area contributed by atoms with Gasteiger partial charge in [0.1, 0.15) is 0 Å². The molecule has 1 rings (SSSR count). The lowest BCUT2D eigenvalue weighted by atomic mass is 10.2. The summed E-state index contributed by atoms with van der Waals surface area (Å²) in [6, 6.07) is 0.270. The van der Waals surface area contributed by atoms with Crippen LogP contribution in [-0.4, -0.2) is 35.4 Å². The lowest BCUT2D eigenvalue weighted by molar-refractivity contribution is -0.130. The summed E-state index contributed by atoms with van der Waals surface area (Å²) < 4.78 is 0. The second-order valence-corrected chi connectivity index (χ2v) is 4.81. The zero-order chi connectivity index (χ0) is 12.7. The van der Waals surface area contributed by atoms with Gasteiger partial charge in [-0.1, -0.05) is 0 Å². The number of aromatic nitrogens is 1. The van der Waals surface area contributed by atoms with E-state index >= 15 is 0 Å².